The van der Waals surface area contributed by atoms with Crippen molar-refractivity contribution in [2.24, 2.45) is 0 Å². The van der Waals surface area contributed by atoms with Crippen LogP contribution in [-0.4, -0.2) is 44.6 Å². The van der Waals surface area contributed by atoms with Crippen LogP contribution < -0.4 is 0 Å². The van der Waals surface area contributed by atoms with E-state index in [0.717, 1.165) is 0 Å². The SMILES string of the molecule is CC(C)(C)OOC1(C(=O)O)CCC(OOC(C)(C)C)(C(=O)O)CC1. The van der Waals surface area contributed by atoms with Crippen LogP contribution in [0.25, 0.3) is 0 Å². The minimum atomic E-state index is -1.60. The van der Waals surface area contributed by atoms with E-state index in [-0.39, 0.29) is 25.7 Å². The molecule has 0 saturated heterocycles. The average Bonchev–Trinajstić information content (AvgIpc) is 2.42. The highest BCUT2D eigenvalue weighted by Gasteiger charge is 2.55. The fourth-order valence-corrected chi connectivity index (χ4v) is 2.13. The largest absolute Gasteiger partial charge is 0.479 e. The lowest BCUT2D eigenvalue weighted by molar-refractivity contribution is -0.423. The molecule has 0 aromatic heterocycles. The molecule has 1 aliphatic rings. The first kappa shape index (κ1) is 20.8. The van der Waals surface area contributed by atoms with E-state index in [1.54, 1.807) is 41.5 Å². The first-order chi connectivity index (χ1) is 10.7. The summed E-state index contributed by atoms with van der Waals surface area (Å²) in [6, 6.07) is 0. The number of rotatable bonds is 6. The van der Waals surface area contributed by atoms with E-state index in [0.29, 0.717) is 0 Å². The van der Waals surface area contributed by atoms with Gasteiger partial charge in [-0.3, -0.25) is 0 Å². The maximum atomic E-state index is 11.7. The summed E-state index contributed by atoms with van der Waals surface area (Å²) in [5, 5.41) is 19.1. The van der Waals surface area contributed by atoms with Gasteiger partial charge in [0.2, 0.25) is 0 Å². The van der Waals surface area contributed by atoms with Gasteiger partial charge in [0.1, 0.15) is 0 Å². The molecule has 0 unspecified atom stereocenters. The van der Waals surface area contributed by atoms with Crippen molar-refractivity contribution in [3.63, 3.8) is 0 Å². The zero-order chi connectivity index (χ0) is 18.8. The van der Waals surface area contributed by atoms with Crippen LogP contribution in [-0.2, 0) is 29.1 Å². The Kier molecular flexibility index (Phi) is 6.03. The van der Waals surface area contributed by atoms with Gasteiger partial charge < -0.3 is 10.2 Å². The summed E-state index contributed by atoms with van der Waals surface area (Å²) < 4.78 is 0. The molecule has 0 aromatic rings. The molecule has 8 heteroatoms. The highest BCUT2D eigenvalue weighted by atomic mass is 17.2. The van der Waals surface area contributed by atoms with E-state index in [2.05, 4.69) is 0 Å². The highest BCUT2D eigenvalue weighted by molar-refractivity contribution is 5.81. The molecule has 8 nitrogen and oxygen atoms in total. The number of hydrogen-bond acceptors (Lipinski definition) is 6. The second kappa shape index (κ2) is 6.95. The zero-order valence-corrected chi connectivity index (χ0v) is 15.2. The normalized spacial score (nSPS) is 28.6. The van der Waals surface area contributed by atoms with Crippen molar-refractivity contribution < 1.29 is 39.4 Å². The molecule has 0 heterocycles. The molecular weight excluding hydrogens is 320 g/mol. The molecule has 1 fully saturated rings. The summed E-state index contributed by atoms with van der Waals surface area (Å²) in [4.78, 5) is 44.1. The molecule has 0 amide bonds. The molecule has 1 saturated carbocycles. The van der Waals surface area contributed by atoms with Crippen LogP contribution in [0.1, 0.15) is 67.2 Å². The molecule has 24 heavy (non-hydrogen) atoms. The Labute approximate surface area is 141 Å². The van der Waals surface area contributed by atoms with E-state index in [1.807, 2.05) is 0 Å². The van der Waals surface area contributed by atoms with Crippen molar-refractivity contribution in [2.75, 3.05) is 0 Å². The van der Waals surface area contributed by atoms with Gasteiger partial charge >= 0.3 is 11.9 Å². The van der Waals surface area contributed by atoms with E-state index in [4.69, 9.17) is 19.6 Å². The van der Waals surface area contributed by atoms with Crippen LogP contribution in [0.2, 0.25) is 0 Å². The Morgan fingerprint density at radius 3 is 1.12 bits per heavy atom. The number of carbonyl (C=O) groups is 2. The third-order valence-electron chi connectivity index (χ3n) is 3.55. The number of carboxylic acids is 2. The van der Waals surface area contributed by atoms with Gasteiger partial charge in [-0.2, -0.15) is 0 Å². The van der Waals surface area contributed by atoms with Crippen molar-refractivity contribution in [1.29, 1.82) is 0 Å². The van der Waals surface area contributed by atoms with Gasteiger partial charge in [-0.05, 0) is 67.2 Å². The van der Waals surface area contributed by atoms with Crippen molar-refractivity contribution in [3.8, 4) is 0 Å². The third kappa shape index (κ3) is 5.41. The van der Waals surface area contributed by atoms with E-state index < -0.39 is 34.3 Å². The van der Waals surface area contributed by atoms with E-state index in [1.165, 1.54) is 0 Å². The van der Waals surface area contributed by atoms with E-state index in [9.17, 15) is 19.8 Å². The lowest BCUT2D eigenvalue weighted by atomic mass is 9.76. The summed E-state index contributed by atoms with van der Waals surface area (Å²) in [6.07, 6.45) is -0.285. The highest BCUT2D eigenvalue weighted by Crippen LogP contribution is 2.41. The maximum absolute atomic E-state index is 11.7. The topological polar surface area (TPSA) is 112 Å². The van der Waals surface area contributed by atoms with Crippen molar-refractivity contribution in [1.82, 2.24) is 0 Å². The summed E-state index contributed by atoms with van der Waals surface area (Å²) in [7, 11) is 0. The van der Waals surface area contributed by atoms with Gasteiger partial charge in [-0.25, -0.2) is 29.1 Å². The minimum Gasteiger partial charge on any atom is -0.479 e. The molecule has 0 spiro atoms. The van der Waals surface area contributed by atoms with Gasteiger partial charge in [0.05, 0.1) is 11.2 Å². The zero-order valence-electron chi connectivity index (χ0n) is 15.2. The Morgan fingerprint density at radius 1 is 0.708 bits per heavy atom. The maximum Gasteiger partial charge on any atom is 0.339 e. The molecular formula is C16H28O8. The fourth-order valence-electron chi connectivity index (χ4n) is 2.13. The lowest BCUT2D eigenvalue weighted by Crippen LogP contribution is -2.54. The van der Waals surface area contributed by atoms with Crippen LogP contribution in [0.5, 0.6) is 0 Å². The van der Waals surface area contributed by atoms with Crippen molar-refractivity contribution >= 4 is 11.9 Å². The Balaban J connectivity index is 2.87. The molecule has 0 atom stereocenters. The van der Waals surface area contributed by atoms with E-state index >= 15 is 0 Å². The summed E-state index contributed by atoms with van der Waals surface area (Å²) in [6.45, 7) is 10.4. The first-order valence-electron chi connectivity index (χ1n) is 7.92. The summed E-state index contributed by atoms with van der Waals surface area (Å²) in [5.74, 6) is -2.38. The summed E-state index contributed by atoms with van der Waals surface area (Å²) in [5.41, 5.74) is -4.57. The van der Waals surface area contributed by atoms with Gasteiger partial charge in [-0.15, -0.1) is 0 Å². The third-order valence-corrected chi connectivity index (χ3v) is 3.55. The first-order valence-corrected chi connectivity index (χ1v) is 7.92. The number of hydrogen-bond donors (Lipinski definition) is 2. The Hall–Kier alpha value is -1.22. The number of aliphatic carboxylic acids is 2. The van der Waals surface area contributed by atoms with Crippen LogP contribution in [0.15, 0.2) is 0 Å². The van der Waals surface area contributed by atoms with Crippen LogP contribution in [0, 0.1) is 0 Å². The van der Waals surface area contributed by atoms with Crippen LogP contribution in [0.3, 0.4) is 0 Å². The minimum absolute atomic E-state index is 0.0712. The lowest BCUT2D eigenvalue weighted by Gasteiger charge is -2.41. The molecule has 1 aliphatic carbocycles. The van der Waals surface area contributed by atoms with Gasteiger partial charge in [0.15, 0.2) is 11.2 Å². The second-order valence-corrected chi connectivity index (χ2v) is 8.16. The quantitative estimate of drug-likeness (QED) is 0.557. The molecule has 1 rings (SSSR count). The van der Waals surface area contributed by atoms with Crippen molar-refractivity contribution in [3.05, 3.63) is 0 Å². The summed E-state index contributed by atoms with van der Waals surface area (Å²) >= 11 is 0. The molecule has 0 radical (unpaired) electrons. The second-order valence-electron chi connectivity index (χ2n) is 8.16. The van der Waals surface area contributed by atoms with Crippen LogP contribution in [0.4, 0.5) is 0 Å². The molecule has 2 N–H and O–H groups in total. The van der Waals surface area contributed by atoms with Gasteiger partial charge in [0.25, 0.3) is 0 Å². The van der Waals surface area contributed by atoms with Crippen LogP contribution >= 0.6 is 0 Å². The average molecular weight is 348 g/mol. The van der Waals surface area contributed by atoms with Gasteiger partial charge in [-0.1, -0.05) is 0 Å². The van der Waals surface area contributed by atoms with Crippen molar-refractivity contribution in [2.45, 2.75) is 89.6 Å². The monoisotopic (exact) mass is 348 g/mol. The smallest absolute Gasteiger partial charge is 0.339 e. The fraction of sp³-hybridized carbons (Fsp3) is 0.875. The molecule has 140 valence electrons. The predicted molar refractivity (Wildman–Crippen MR) is 83.0 cm³/mol. The Bertz CT molecular complexity index is 419. The molecule has 0 aliphatic heterocycles. The van der Waals surface area contributed by atoms with Gasteiger partial charge in [0, 0.05) is 0 Å². The standard InChI is InChI=1S/C16H28O8/c1-13(2,3)21-23-15(11(17)18)7-9-16(10-8-15,12(19)20)24-22-14(4,5)6/h7-10H2,1-6H3,(H,17,18)(H,19,20). The molecule has 0 bridgehead atoms. The predicted octanol–water partition coefficient (Wildman–Crippen LogP) is 2.70. The Morgan fingerprint density at radius 2 is 0.958 bits per heavy atom. The number of carboxylic acid groups (broad SMARTS) is 2. The molecule has 0 aromatic carbocycles.